The minimum absolute atomic E-state index is 0.198. The fourth-order valence-electron chi connectivity index (χ4n) is 2.46. The fraction of sp³-hybridized carbons (Fsp3) is 0.714. The van der Waals surface area contributed by atoms with Crippen molar-refractivity contribution < 1.29 is 12.8 Å². The van der Waals surface area contributed by atoms with Gasteiger partial charge in [0.05, 0.1) is 6.54 Å². The van der Waals surface area contributed by atoms with Crippen molar-refractivity contribution in [2.24, 2.45) is 5.92 Å². The van der Waals surface area contributed by atoms with Gasteiger partial charge in [-0.15, -0.1) is 0 Å². The third-order valence-electron chi connectivity index (χ3n) is 4.21. The van der Waals surface area contributed by atoms with Crippen LogP contribution in [0.3, 0.4) is 0 Å². The summed E-state index contributed by atoms with van der Waals surface area (Å²) in [6, 6.07) is 2.17. The minimum Gasteiger partial charge on any atom is -0.452 e. The van der Waals surface area contributed by atoms with Crippen molar-refractivity contribution in [2.45, 2.75) is 56.0 Å². The standard InChI is InChI=1S/C14H21BrN2O3S/c15-14-13(8-12(20-14)9-16-11-4-5-11)21(18,19)17-7-6-10-2-1-3-10/h8,10-11,16-17H,1-7,9H2. The zero-order valence-corrected chi connectivity index (χ0v) is 14.3. The Kier molecular flexibility index (Phi) is 4.73. The molecule has 0 aromatic carbocycles. The van der Waals surface area contributed by atoms with Gasteiger partial charge in [-0.3, -0.25) is 0 Å². The van der Waals surface area contributed by atoms with E-state index in [2.05, 4.69) is 26.0 Å². The summed E-state index contributed by atoms with van der Waals surface area (Å²) in [7, 11) is -3.49. The quantitative estimate of drug-likeness (QED) is 0.731. The Balaban J connectivity index is 1.57. The van der Waals surface area contributed by atoms with Crippen LogP contribution < -0.4 is 10.0 Å². The predicted molar refractivity (Wildman–Crippen MR) is 83.4 cm³/mol. The molecule has 1 aromatic rings. The first-order valence-corrected chi connectivity index (χ1v) is 9.83. The van der Waals surface area contributed by atoms with Crippen LogP contribution >= 0.6 is 15.9 Å². The number of hydrogen-bond donors (Lipinski definition) is 2. The topological polar surface area (TPSA) is 71.3 Å². The summed E-state index contributed by atoms with van der Waals surface area (Å²) in [5.41, 5.74) is 0. The normalized spacial score (nSPS) is 19.7. The van der Waals surface area contributed by atoms with Gasteiger partial charge in [0.1, 0.15) is 10.7 Å². The van der Waals surface area contributed by atoms with E-state index < -0.39 is 10.0 Å². The molecule has 0 atom stereocenters. The largest absolute Gasteiger partial charge is 0.452 e. The van der Waals surface area contributed by atoms with Crippen LogP contribution in [0.2, 0.25) is 0 Å². The number of hydrogen-bond acceptors (Lipinski definition) is 4. The lowest BCUT2D eigenvalue weighted by atomic mass is 9.83. The van der Waals surface area contributed by atoms with E-state index in [0.717, 1.165) is 6.42 Å². The van der Waals surface area contributed by atoms with Crippen LogP contribution in [-0.2, 0) is 16.6 Å². The van der Waals surface area contributed by atoms with Crippen LogP contribution in [0.5, 0.6) is 0 Å². The summed E-state index contributed by atoms with van der Waals surface area (Å²) in [5, 5.41) is 3.31. The van der Waals surface area contributed by atoms with Gasteiger partial charge in [-0.1, -0.05) is 19.3 Å². The Morgan fingerprint density at radius 1 is 1.29 bits per heavy atom. The maximum Gasteiger partial charge on any atom is 0.244 e. The Labute approximate surface area is 134 Å². The van der Waals surface area contributed by atoms with Gasteiger partial charge >= 0.3 is 0 Å². The molecule has 3 rings (SSSR count). The Morgan fingerprint density at radius 3 is 2.67 bits per heavy atom. The van der Waals surface area contributed by atoms with Crippen molar-refractivity contribution in [1.29, 1.82) is 0 Å². The van der Waals surface area contributed by atoms with Crippen LogP contribution in [0.4, 0.5) is 0 Å². The molecule has 2 aliphatic rings. The van der Waals surface area contributed by atoms with Gasteiger partial charge in [0.15, 0.2) is 4.67 Å². The first-order valence-electron chi connectivity index (χ1n) is 7.56. The van der Waals surface area contributed by atoms with Crippen molar-refractivity contribution in [3.8, 4) is 0 Å². The Bertz CT molecular complexity index is 591. The zero-order valence-electron chi connectivity index (χ0n) is 11.9. The van der Waals surface area contributed by atoms with Crippen LogP contribution in [-0.4, -0.2) is 21.0 Å². The number of sulfonamides is 1. The molecular weight excluding hydrogens is 356 g/mol. The first kappa shape index (κ1) is 15.5. The van der Waals surface area contributed by atoms with E-state index in [4.69, 9.17) is 4.42 Å². The highest BCUT2D eigenvalue weighted by Gasteiger charge is 2.25. The lowest BCUT2D eigenvalue weighted by molar-refractivity contribution is 0.297. The fourth-order valence-corrected chi connectivity index (χ4v) is 4.50. The molecule has 0 bridgehead atoms. The summed E-state index contributed by atoms with van der Waals surface area (Å²) >= 11 is 3.21. The average Bonchev–Trinajstić information content (AvgIpc) is 3.12. The number of furan rings is 1. The number of rotatable bonds is 8. The molecule has 1 heterocycles. The molecule has 0 radical (unpaired) electrons. The molecule has 0 aliphatic heterocycles. The van der Waals surface area contributed by atoms with E-state index in [1.165, 1.54) is 32.1 Å². The molecule has 2 aliphatic carbocycles. The SMILES string of the molecule is O=S(=O)(NCCC1CCC1)c1cc(CNC2CC2)oc1Br. The molecule has 7 heteroatoms. The molecule has 118 valence electrons. The minimum atomic E-state index is -3.49. The van der Waals surface area contributed by atoms with Gasteiger partial charge in [-0.2, -0.15) is 0 Å². The Hall–Kier alpha value is -0.370. The Morgan fingerprint density at radius 2 is 2.05 bits per heavy atom. The molecule has 0 unspecified atom stereocenters. The van der Waals surface area contributed by atoms with Crippen LogP contribution in [0.1, 0.15) is 44.3 Å². The first-order chi connectivity index (χ1) is 10.0. The molecule has 1 aromatic heterocycles. The second-order valence-corrected chi connectivity index (χ2v) is 8.44. The molecule has 21 heavy (non-hydrogen) atoms. The molecule has 0 saturated heterocycles. The summed E-state index contributed by atoms with van der Waals surface area (Å²) in [4.78, 5) is 0.198. The average molecular weight is 377 g/mol. The maximum absolute atomic E-state index is 12.3. The van der Waals surface area contributed by atoms with Crippen LogP contribution in [0.15, 0.2) is 20.0 Å². The summed E-state index contributed by atoms with van der Waals surface area (Å²) < 4.78 is 33.0. The number of nitrogens with one attached hydrogen (secondary N) is 2. The second-order valence-electron chi connectivity index (χ2n) is 5.99. The van der Waals surface area contributed by atoms with Crippen molar-refractivity contribution in [2.75, 3.05) is 6.54 Å². The van der Waals surface area contributed by atoms with E-state index >= 15 is 0 Å². The van der Waals surface area contributed by atoms with Crippen molar-refractivity contribution in [1.82, 2.24) is 10.0 Å². The van der Waals surface area contributed by atoms with Gasteiger partial charge in [-0.25, -0.2) is 13.1 Å². The van der Waals surface area contributed by atoms with Gasteiger partial charge < -0.3 is 9.73 Å². The van der Waals surface area contributed by atoms with Crippen molar-refractivity contribution >= 4 is 26.0 Å². The summed E-state index contributed by atoms with van der Waals surface area (Å²) in [6.45, 7) is 1.07. The lowest BCUT2D eigenvalue weighted by Gasteiger charge is -2.24. The number of halogens is 1. The molecule has 5 nitrogen and oxygen atoms in total. The van der Waals surface area contributed by atoms with E-state index in [-0.39, 0.29) is 9.56 Å². The monoisotopic (exact) mass is 376 g/mol. The molecule has 2 N–H and O–H groups in total. The van der Waals surface area contributed by atoms with E-state index in [1.807, 2.05) is 0 Å². The van der Waals surface area contributed by atoms with Crippen molar-refractivity contribution in [3.63, 3.8) is 0 Å². The van der Waals surface area contributed by atoms with E-state index in [1.54, 1.807) is 6.07 Å². The molecule has 2 fully saturated rings. The van der Waals surface area contributed by atoms with Gasteiger partial charge in [-0.05, 0) is 41.1 Å². The molecule has 0 spiro atoms. The van der Waals surface area contributed by atoms with Gasteiger partial charge in [0.2, 0.25) is 10.0 Å². The second kappa shape index (κ2) is 6.40. The third kappa shape index (κ3) is 4.09. The predicted octanol–water partition coefficient (Wildman–Crippen LogP) is 2.76. The van der Waals surface area contributed by atoms with E-state index in [9.17, 15) is 8.42 Å². The highest BCUT2D eigenvalue weighted by molar-refractivity contribution is 9.10. The molecule has 0 amide bonds. The highest BCUT2D eigenvalue weighted by atomic mass is 79.9. The molecule has 2 saturated carbocycles. The summed E-state index contributed by atoms with van der Waals surface area (Å²) in [5.74, 6) is 1.34. The highest BCUT2D eigenvalue weighted by Crippen LogP contribution is 2.30. The zero-order chi connectivity index (χ0) is 14.9. The van der Waals surface area contributed by atoms with Crippen LogP contribution in [0, 0.1) is 5.92 Å². The van der Waals surface area contributed by atoms with Gasteiger partial charge in [0, 0.05) is 18.7 Å². The smallest absolute Gasteiger partial charge is 0.244 e. The van der Waals surface area contributed by atoms with Crippen molar-refractivity contribution in [3.05, 3.63) is 16.5 Å². The van der Waals surface area contributed by atoms with Gasteiger partial charge in [0.25, 0.3) is 0 Å². The maximum atomic E-state index is 12.3. The van der Waals surface area contributed by atoms with Crippen LogP contribution in [0.25, 0.3) is 0 Å². The molecular formula is C14H21BrN2O3S. The third-order valence-corrected chi connectivity index (χ3v) is 6.53. The lowest BCUT2D eigenvalue weighted by Crippen LogP contribution is -2.27. The summed E-state index contributed by atoms with van der Waals surface area (Å²) in [6.07, 6.45) is 7.04. The van der Waals surface area contributed by atoms with E-state index in [0.29, 0.717) is 30.8 Å².